The van der Waals surface area contributed by atoms with Crippen LogP contribution < -0.4 is 4.90 Å². The first kappa shape index (κ1) is 18.2. The molecule has 0 spiro atoms. The maximum absolute atomic E-state index is 12.6. The number of hydrogen-bond acceptors (Lipinski definition) is 6. The van der Waals surface area contributed by atoms with Gasteiger partial charge < -0.3 is 14.5 Å². The molecule has 27 heavy (non-hydrogen) atoms. The molecule has 1 atom stereocenters. The summed E-state index contributed by atoms with van der Waals surface area (Å²) >= 11 is 0. The van der Waals surface area contributed by atoms with Gasteiger partial charge in [0.15, 0.2) is 0 Å². The van der Waals surface area contributed by atoms with E-state index in [0.717, 1.165) is 63.5 Å². The molecular formula is C19H28N6O2. The molecule has 0 aromatic carbocycles. The van der Waals surface area contributed by atoms with Crippen molar-refractivity contribution in [3.8, 4) is 0 Å². The second-order valence-electron chi connectivity index (χ2n) is 7.33. The van der Waals surface area contributed by atoms with Crippen molar-refractivity contribution in [1.82, 2.24) is 24.5 Å². The highest BCUT2D eigenvalue weighted by atomic mass is 16.5. The summed E-state index contributed by atoms with van der Waals surface area (Å²) in [5, 5.41) is 8.57. The highest BCUT2D eigenvalue weighted by Crippen LogP contribution is 2.21. The summed E-state index contributed by atoms with van der Waals surface area (Å²) in [6.45, 7) is 8.61. The summed E-state index contributed by atoms with van der Waals surface area (Å²) < 4.78 is 7.45. The first-order chi connectivity index (χ1) is 13.2. The molecule has 1 unspecified atom stereocenters. The summed E-state index contributed by atoms with van der Waals surface area (Å²) in [5.74, 6) is 2.87. The summed E-state index contributed by atoms with van der Waals surface area (Å²) in [4.78, 5) is 21.6. The molecule has 4 rings (SSSR count). The molecule has 0 aliphatic carbocycles. The molecule has 2 saturated heterocycles. The number of amides is 1. The molecule has 8 nitrogen and oxygen atoms in total. The van der Waals surface area contributed by atoms with E-state index in [1.807, 2.05) is 4.90 Å². The van der Waals surface area contributed by atoms with Crippen molar-refractivity contribution in [2.24, 2.45) is 5.92 Å². The molecule has 2 aromatic heterocycles. The van der Waals surface area contributed by atoms with E-state index >= 15 is 0 Å². The van der Waals surface area contributed by atoms with Crippen LogP contribution >= 0.6 is 0 Å². The van der Waals surface area contributed by atoms with E-state index < -0.39 is 0 Å². The van der Waals surface area contributed by atoms with E-state index in [-0.39, 0.29) is 11.8 Å². The molecule has 0 saturated carbocycles. The molecule has 2 aliphatic rings. The average Bonchev–Trinajstić information content (AvgIpc) is 3.37. The first-order valence-electron chi connectivity index (χ1n) is 10.1. The lowest BCUT2D eigenvalue weighted by atomic mass is 10.1. The van der Waals surface area contributed by atoms with Gasteiger partial charge in [-0.2, -0.15) is 4.98 Å². The SMILES string of the molecule is CCCc1cc(N2CCN(C(=O)C3CCOC3)CC2)nc2nnc(CC)n12. The Labute approximate surface area is 159 Å². The normalized spacial score (nSPS) is 20.6. The molecule has 146 valence electrons. The number of ether oxygens (including phenoxy) is 1. The molecule has 0 bridgehead atoms. The van der Waals surface area contributed by atoms with Gasteiger partial charge in [-0.25, -0.2) is 0 Å². The Morgan fingerprint density at radius 3 is 2.70 bits per heavy atom. The fraction of sp³-hybridized carbons (Fsp3) is 0.684. The van der Waals surface area contributed by atoms with Crippen molar-refractivity contribution < 1.29 is 9.53 Å². The molecule has 2 aliphatic heterocycles. The van der Waals surface area contributed by atoms with Crippen molar-refractivity contribution >= 4 is 17.5 Å². The largest absolute Gasteiger partial charge is 0.381 e. The van der Waals surface area contributed by atoms with Gasteiger partial charge in [0.05, 0.1) is 12.5 Å². The maximum atomic E-state index is 12.6. The minimum Gasteiger partial charge on any atom is -0.381 e. The number of rotatable bonds is 5. The van der Waals surface area contributed by atoms with Crippen LogP contribution in [0.5, 0.6) is 0 Å². The van der Waals surface area contributed by atoms with Gasteiger partial charge in [0.1, 0.15) is 11.6 Å². The minimum atomic E-state index is 0.0469. The molecular weight excluding hydrogens is 344 g/mol. The summed E-state index contributed by atoms with van der Waals surface area (Å²) in [5.41, 5.74) is 1.21. The van der Waals surface area contributed by atoms with E-state index in [2.05, 4.69) is 39.4 Å². The number of carbonyl (C=O) groups is 1. The number of aromatic nitrogens is 4. The van der Waals surface area contributed by atoms with E-state index in [4.69, 9.17) is 9.72 Å². The molecule has 2 fully saturated rings. The van der Waals surface area contributed by atoms with E-state index in [1.165, 1.54) is 5.69 Å². The fourth-order valence-electron chi connectivity index (χ4n) is 4.00. The van der Waals surface area contributed by atoms with Gasteiger partial charge in [-0.1, -0.05) is 20.3 Å². The zero-order valence-electron chi connectivity index (χ0n) is 16.2. The first-order valence-corrected chi connectivity index (χ1v) is 10.1. The second kappa shape index (κ2) is 7.80. The number of piperazine rings is 1. The lowest BCUT2D eigenvalue weighted by molar-refractivity contribution is -0.135. The van der Waals surface area contributed by atoms with E-state index in [9.17, 15) is 4.79 Å². The quantitative estimate of drug-likeness (QED) is 0.788. The summed E-state index contributed by atoms with van der Waals surface area (Å²) in [7, 11) is 0. The topological polar surface area (TPSA) is 75.9 Å². The fourth-order valence-corrected chi connectivity index (χ4v) is 4.00. The van der Waals surface area contributed by atoms with Crippen LogP contribution in [0, 0.1) is 5.92 Å². The van der Waals surface area contributed by atoms with Gasteiger partial charge in [0.25, 0.3) is 5.78 Å². The Hall–Kier alpha value is -2.22. The maximum Gasteiger partial charge on any atom is 0.257 e. The van der Waals surface area contributed by atoms with Crippen LogP contribution in [0.15, 0.2) is 6.07 Å². The number of anilines is 1. The second-order valence-corrected chi connectivity index (χ2v) is 7.33. The number of hydrogen-bond donors (Lipinski definition) is 0. The number of carbonyl (C=O) groups excluding carboxylic acids is 1. The smallest absolute Gasteiger partial charge is 0.257 e. The molecule has 0 N–H and O–H groups in total. The summed E-state index contributed by atoms with van der Waals surface area (Å²) in [6.07, 6.45) is 3.72. The van der Waals surface area contributed by atoms with Crippen LogP contribution in [0.4, 0.5) is 5.82 Å². The molecule has 2 aromatic rings. The van der Waals surface area contributed by atoms with Gasteiger partial charge >= 0.3 is 0 Å². The number of nitrogens with zero attached hydrogens (tertiary/aromatic N) is 6. The average molecular weight is 372 g/mol. The highest BCUT2D eigenvalue weighted by Gasteiger charge is 2.30. The van der Waals surface area contributed by atoms with Crippen LogP contribution in [-0.4, -0.2) is 69.8 Å². The van der Waals surface area contributed by atoms with Gasteiger partial charge in [-0.05, 0) is 12.8 Å². The van der Waals surface area contributed by atoms with Gasteiger partial charge in [0.2, 0.25) is 5.91 Å². The van der Waals surface area contributed by atoms with Crippen molar-refractivity contribution in [3.05, 3.63) is 17.6 Å². The summed E-state index contributed by atoms with van der Waals surface area (Å²) in [6, 6.07) is 2.17. The van der Waals surface area contributed by atoms with Crippen LogP contribution in [0.3, 0.4) is 0 Å². The zero-order valence-corrected chi connectivity index (χ0v) is 16.2. The Bertz CT molecular complexity index is 806. The van der Waals surface area contributed by atoms with E-state index in [1.54, 1.807) is 0 Å². The van der Waals surface area contributed by atoms with Crippen LogP contribution in [-0.2, 0) is 22.4 Å². The molecule has 8 heteroatoms. The van der Waals surface area contributed by atoms with Crippen molar-refractivity contribution in [2.45, 2.75) is 39.5 Å². The van der Waals surface area contributed by atoms with E-state index in [0.29, 0.717) is 19.0 Å². The van der Waals surface area contributed by atoms with Crippen molar-refractivity contribution in [3.63, 3.8) is 0 Å². The van der Waals surface area contributed by atoms with Crippen LogP contribution in [0.1, 0.15) is 38.2 Å². The molecule has 1 amide bonds. The minimum absolute atomic E-state index is 0.0469. The Kier molecular flexibility index (Phi) is 5.24. The van der Waals surface area contributed by atoms with Crippen molar-refractivity contribution in [2.75, 3.05) is 44.3 Å². The van der Waals surface area contributed by atoms with Crippen molar-refractivity contribution in [1.29, 1.82) is 0 Å². The lowest BCUT2D eigenvalue weighted by Crippen LogP contribution is -2.50. The van der Waals surface area contributed by atoms with Gasteiger partial charge in [-0.15, -0.1) is 10.2 Å². The Balaban J connectivity index is 1.50. The predicted molar refractivity (Wildman–Crippen MR) is 102 cm³/mol. The number of aryl methyl sites for hydroxylation is 2. The standard InChI is InChI=1S/C19H28N6O2/c1-3-5-15-12-17(20-19-22-21-16(4-2)25(15)19)23-7-9-24(10-8-23)18(26)14-6-11-27-13-14/h12,14H,3-11,13H2,1-2H3. The Morgan fingerprint density at radius 1 is 1.22 bits per heavy atom. The van der Waals surface area contributed by atoms with Crippen LogP contribution in [0.25, 0.3) is 5.78 Å². The lowest BCUT2D eigenvalue weighted by Gasteiger charge is -2.36. The Morgan fingerprint density at radius 2 is 2.04 bits per heavy atom. The third-order valence-electron chi connectivity index (χ3n) is 5.53. The molecule has 0 radical (unpaired) electrons. The van der Waals surface area contributed by atoms with Gasteiger partial charge in [-0.3, -0.25) is 9.20 Å². The van der Waals surface area contributed by atoms with Gasteiger partial charge in [0, 0.05) is 51.0 Å². The predicted octanol–water partition coefficient (Wildman–Crippen LogP) is 1.32. The monoisotopic (exact) mass is 372 g/mol. The third kappa shape index (κ3) is 3.50. The number of fused-ring (bicyclic) bond motifs is 1. The highest BCUT2D eigenvalue weighted by molar-refractivity contribution is 5.79. The van der Waals surface area contributed by atoms with Crippen LogP contribution in [0.2, 0.25) is 0 Å². The zero-order chi connectivity index (χ0) is 18.8. The molecule has 4 heterocycles. The third-order valence-corrected chi connectivity index (χ3v) is 5.53.